The third-order valence-electron chi connectivity index (χ3n) is 10.2. The Morgan fingerprint density at radius 2 is 0.824 bits per heavy atom. The lowest BCUT2D eigenvalue weighted by Gasteiger charge is -2.18. The average molecular weight is 649 g/mol. The number of hydrogen-bond donors (Lipinski definition) is 0. The molecule has 0 amide bonds. The first kappa shape index (κ1) is 29.2. The lowest BCUT2D eigenvalue weighted by molar-refractivity contribution is 1.10. The van der Waals surface area contributed by atoms with Gasteiger partial charge in [-0.05, 0) is 96.0 Å². The first-order valence-corrected chi connectivity index (χ1v) is 17.5. The first-order valence-electron chi connectivity index (χ1n) is 17.5. The van der Waals surface area contributed by atoms with Crippen molar-refractivity contribution in [3.05, 3.63) is 194 Å². The lowest BCUT2D eigenvalue weighted by atomic mass is 9.85. The van der Waals surface area contributed by atoms with E-state index < -0.39 is 0 Å². The van der Waals surface area contributed by atoms with E-state index >= 15 is 0 Å². The molecule has 0 atom stereocenters. The van der Waals surface area contributed by atoms with Crippen LogP contribution in [-0.4, -0.2) is 9.55 Å². The number of benzene rings is 9. The Bertz CT molecular complexity index is 2820. The van der Waals surface area contributed by atoms with Gasteiger partial charge in [0.1, 0.15) is 5.82 Å². The molecule has 0 aliphatic carbocycles. The standard InChI is InChI=1S/C49H32N2/c1-2-13-37(14-3-1)49-50-45-20-10-11-21-46(45)51(49)40-30-28-35(29-31-40)34-22-25-36(26-23-34)47-41-16-6-8-18-43(41)48(44-19-9-7-17-42(44)47)39-27-24-33-12-4-5-15-38(33)32-39/h1-32H. The van der Waals surface area contributed by atoms with Crippen LogP contribution >= 0.6 is 0 Å². The van der Waals surface area contributed by atoms with Crippen molar-refractivity contribution in [2.45, 2.75) is 0 Å². The highest BCUT2D eigenvalue weighted by Crippen LogP contribution is 2.44. The minimum absolute atomic E-state index is 0.944. The second-order valence-corrected chi connectivity index (χ2v) is 13.2. The average Bonchev–Trinajstić information content (AvgIpc) is 3.60. The molecule has 0 fully saturated rings. The summed E-state index contributed by atoms with van der Waals surface area (Å²) in [5.41, 5.74) is 11.6. The highest BCUT2D eigenvalue weighted by atomic mass is 15.1. The van der Waals surface area contributed by atoms with Gasteiger partial charge in [-0.1, -0.05) is 164 Å². The summed E-state index contributed by atoms with van der Waals surface area (Å²) in [5.74, 6) is 0.944. The summed E-state index contributed by atoms with van der Waals surface area (Å²) in [6.45, 7) is 0. The van der Waals surface area contributed by atoms with Crippen molar-refractivity contribution in [1.29, 1.82) is 0 Å². The van der Waals surface area contributed by atoms with Crippen LogP contribution < -0.4 is 0 Å². The zero-order chi connectivity index (χ0) is 33.7. The van der Waals surface area contributed by atoms with Crippen molar-refractivity contribution in [1.82, 2.24) is 9.55 Å². The van der Waals surface area contributed by atoms with Crippen molar-refractivity contribution in [2.75, 3.05) is 0 Å². The van der Waals surface area contributed by atoms with E-state index in [0.717, 1.165) is 28.1 Å². The maximum absolute atomic E-state index is 5.02. The van der Waals surface area contributed by atoms with Crippen molar-refractivity contribution >= 4 is 43.4 Å². The van der Waals surface area contributed by atoms with Crippen LogP contribution in [0.3, 0.4) is 0 Å². The molecule has 2 nitrogen and oxygen atoms in total. The van der Waals surface area contributed by atoms with E-state index in [1.54, 1.807) is 0 Å². The Hall–Kier alpha value is -6.77. The van der Waals surface area contributed by atoms with E-state index in [-0.39, 0.29) is 0 Å². The maximum Gasteiger partial charge on any atom is 0.145 e. The molecule has 10 rings (SSSR count). The van der Waals surface area contributed by atoms with Gasteiger partial charge in [-0.25, -0.2) is 4.98 Å². The van der Waals surface area contributed by atoms with Gasteiger partial charge >= 0.3 is 0 Å². The number of para-hydroxylation sites is 2. The van der Waals surface area contributed by atoms with Crippen LogP contribution in [0.5, 0.6) is 0 Å². The highest BCUT2D eigenvalue weighted by molar-refractivity contribution is 6.21. The summed E-state index contributed by atoms with van der Waals surface area (Å²) < 4.78 is 2.26. The van der Waals surface area contributed by atoms with Crippen molar-refractivity contribution in [3.63, 3.8) is 0 Å². The molecule has 0 spiro atoms. The van der Waals surface area contributed by atoms with E-state index in [2.05, 4.69) is 187 Å². The van der Waals surface area contributed by atoms with Gasteiger partial charge in [0.2, 0.25) is 0 Å². The van der Waals surface area contributed by atoms with Gasteiger partial charge in [-0.15, -0.1) is 0 Å². The summed E-state index contributed by atoms with van der Waals surface area (Å²) in [6.07, 6.45) is 0. The minimum atomic E-state index is 0.944. The van der Waals surface area contributed by atoms with E-state index in [0.29, 0.717) is 0 Å². The fourth-order valence-corrected chi connectivity index (χ4v) is 7.80. The molecule has 10 aromatic rings. The zero-order valence-corrected chi connectivity index (χ0v) is 27.9. The molecule has 0 unspecified atom stereocenters. The fraction of sp³-hybridized carbons (Fsp3) is 0. The zero-order valence-electron chi connectivity index (χ0n) is 27.9. The molecule has 238 valence electrons. The van der Waals surface area contributed by atoms with Crippen LogP contribution in [0, 0.1) is 0 Å². The third kappa shape index (κ3) is 4.92. The Labute approximate surface area is 296 Å². The minimum Gasteiger partial charge on any atom is -0.292 e. The third-order valence-corrected chi connectivity index (χ3v) is 10.2. The monoisotopic (exact) mass is 648 g/mol. The predicted octanol–water partition coefficient (Wildman–Crippen LogP) is 13.2. The quantitative estimate of drug-likeness (QED) is 0.170. The summed E-state index contributed by atoms with van der Waals surface area (Å²) in [5, 5.41) is 7.57. The van der Waals surface area contributed by atoms with E-state index in [1.807, 2.05) is 12.1 Å². The van der Waals surface area contributed by atoms with Crippen molar-refractivity contribution in [3.8, 4) is 50.5 Å². The molecule has 51 heavy (non-hydrogen) atoms. The van der Waals surface area contributed by atoms with Gasteiger partial charge in [0.15, 0.2) is 0 Å². The lowest BCUT2D eigenvalue weighted by Crippen LogP contribution is -1.97. The number of fused-ring (bicyclic) bond motifs is 4. The molecule has 2 heteroatoms. The maximum atomic E-state index is 5.02. The largest absolute Gasteiger partial charge is 0.292 e. The Morgan fingerprint density at radius 3 is 1.49 bits per heavy atom. The van der Waals surface area contributed by atoms with Gasteiger partial charge < -0.3 is 0 Å². The smallest absolute Gasteiger partial charge is 0.145 e. The number of nitrogens with zero attached hydrogens (tertiary/aromatic N) is 2. The molecular formula is C49H32N2. The van der Waals surface area contributed by atoms with Crippen LogP contribution in [-0.2, 0) is 0 Å². The number of hydrogen-bond acceptors (Lipinski definition) is 1. The topological polar surface area (TPSA) is 17.8 Å². The van der Waals surface area contributed by atoms with Gasteiger partial charge in [0.25, 0.3) is 0 Å². The predicted molar refractivity (Wildman–Crippen MR) is 215 cm³/mol. The van der Waals surface area contributed by atoms with Crippen LogP contribution in [0.1, 0.15) is 0 Å². The molecule has 0 N–H and O–H groups in total. The number of rotatable bonds is 5. The summed E-state index contributed by atoms with van der Waals surface area (Å²) in [6, 6.07) is 69.9. The molecule has 1 aromatic heterocycles. The number of imidazole rings is 1. The molecular weight excluding hydrogens is 617 g/mol. The van der Waals surface area contributed by atoms with E-state index in [1.165, 1.54) is 65.7 Å². The Balaban J connectivity index is 1.06. The second kappa shape index (κ2) is 12.0. The van der Waals surface area contributed by atoms with Gasteiger partial charge in [0, 0.05) is 11.3 Å². The van der Waals surface area contributed by atoms with Crippen LogP contribution in [0.25, 0.3) is 93.8 Å². The van der Waals surface area contributed by atoms with Crippen molar-refractivity contribution < 1.29 is 0 Å². The Morgan fingerprint density at radius 1 is 0.333 bits per heavy atom. The van der Waals surface area contributed by atoms with E-state index in [4.69, 9.17) is 4.98 Å². The molecule has 0 saturated carbocycles. The van der Waals surface area contributed by atoms with Crippen LogP contribution in [0.2, 0.25) is 0 Å². The van der Waals surface area contributed by atoms with Crippen LogP contribution in [0.4, 0.5) is 0 Å². The molecule has 9 aromatic carbocycles. The van der Waals surface area contributed by atoms with E-state index in [9.17, 15) is 0 Å². The number of aromatic nitrogens is 2. The molecule has 0 radical (unpaired) electrons. The summed E-state index contributed by atoms with van der Waals surface area (Å²) >= 11 is 0. The molecule has 0 bridgehead atoms. The van der Waals surface area contributed by atoms with Gasteiger partial charge in [-0.3, -0.25) is 4.57 Å². The molecule has 0 aliphatic heterocycles. The molecule has 0 aliphatic rings. The van der Waals surface area contributed by atoms with Crippen LogP contribution in [0.15, 0.2) is 194 Å². The highest BCUT2D eigenvalue weighted by Gasteiger charge is 2.17. The second-order valence-electron chi connectivity index (χ2n) is 13.2. The van der Waals surface area contributed by atoms with Gasteiger partial charge in [-0.2, -0.15) is 0 Å². The summed E-state index contributed by atoms with van der Waals surface area (Å²) in [7, 11) is 0. The fourth-order valence-electron chi connectivity index (χ4n) is 7.80. The summed E-state index contributed by atoms with van der Waals surface area (Å²) in [4.78, 5) is 5.02. The SMILES string of the molecule is c1ccc(-c2nc3ccccc3n2-c2ccc(-c3ccc(-c4c5ccccc5c(-c5ccc6ccccc6c5)c5ccccc45)cc3)cc2)cc1. The van der Waals surface area contributed by atoms with Crippen molar-refractivity contribution in [2.24, 2.45) is 0 Å². The normalized spacial score (nSPS) is 11.5. The molecule has 1 heterocycles. The van der Waals surface area contributed by atoms with Gasteiger partial charge in [0.05, 0.1) is 11.0 Å². The molecule has 0 saturated heterocycles. The first-order chi connectivity index (χ1) is 25.3. The Kier molecular flexibility index (Phi) is 6.85.